The molecule has 0 radical (unpaired) electrons. The second-order valence-corrected chi connectivity index (χ2v) is 4.65. The van der Waals surface area contributed by atoms with Crippen LogP contribution in [0.25, 0.3) is 0 Å². The molecule has 0 saturated heterocycles. The molecule has 8 nitrogen and oxygen atoms in total. The van der Waals surface area contributed by atoms with E-state index in [1.54, 1.807) is 17.1 Å². The molecule has 8 heteroatoms. The highest BCUT2D eigenvalue weighted by molar-refractivity contribution is 5.69. The van der Waals surface area contributed by atoms with Gasteiger partial charge in [0.2, 0.25) is 0 Å². The molecule has 3 aromatic rings. The fourth-order valence-corrected chi connectivity index (χ4v) is 1.59. The minimum atomic E-state index is -0.541. The first kappa shape index (κ1) is 16.1. The topological polar surface area (TPSA) is 114 Å². The van der Waals surface area contributed by atoms with E-state index in [1.165, 1.54) is 12.3 Å². The van der Waals surface area contributed by atoms with E-state index in [9.17, 15) is 4.79 Å². The van der Waals surface area contributed by atoms with E-state index in [4.69, 9.17) is 16.2 Å². The number of carbonyl (C=O) groups excluding carboxylic acids is 1. The maximum absolute atomic E-state index is 11.5. The summed E-state index contributed by atoms with van der Waals surface area (Å²) < 4.78 is 7.85. The quantitative estimate of drug-likeness (QED) is 0.743. The Balaban J connectivity index is 0.000000229. The number of nitrogens with zero attached hydrogens (tertiary/aromatic N) is 4. The maximum Gasteiger partial charge on any atom is 0.435 e. The predicted octanol–water partition coefficient (Wildman–Crippen LogP) is 1.65. The fraction of sp³-hybridized carbons (Fsp3) is 0.133. The van der Waals surface area contributed by atoms with Crippen LogP contribution in [0.15, 0.2) is 55.1 Å². The van der Waals surface area contributed by atoms with Gasteiger partial charge in [0.05, 0.1) is 12.5 Å². The Kier molecular flexibility index (Phi) is 5.35. The van der Waals surface area contributed by atoms with E-state index in [0.717, 1.165) is 10.2 Å². The Hall–Kier alpha value is -3.29. The Bertz CT molecular complexity index is 734. The van der Waals surface area contributed by atoms with Crippen LogP contribution in [-0.2, 0) is 18.4 Å². The lowest BCUT2D eigenvalue weighted by atomic mass is 10.2. The predicted molar refractivity (Wildman–Crippen MR) is 86.3 cm³/mol. The van der Waals surface area contributed by atoms with Crippen molar-refractivity contribution in [2.24, 2.45) is 7.05 Å². The Labute approximate surface area is 133 Å². The monoisotopic (exact) mass is 314 g/mol. The number of hydrogen-bond donors (Lipinski definition) is 2. The van der Waals surface area contributed by atoms with Gasteiger partial charge in [0.1, 0.15) is 18.2 Å². The Morgan fingerprint density at radius 3 is 2.43 bits per heavy atom. The van der Waals surface area contributed by atoms with Crippen LogP contribution < -0.4 is 11.5 Å². The molecular formula is C15H18N6O2. The van der Waals surface area contributed by atoms with Crippen molar-refractivity contribution in [2.75, 3.05) is 11.5 Å². The molecule has 3 rings (SSSR count). The number of nitrogen functional groups attached to an aromatic ring is 2. The van der Waals surface area contributed by atoms with Crippen molar-refractivity contribution in [2.45, 2.75) is 6.61 Å². The van der Waals surface area contributed by atoms with E-state index in [0.29, 0.717) is 5.82 Å². The molecule has 0 atom stereocenters. The third-order valence-electron chi connectivity index (χ3n) is 2.86. The third-order valence-corrected chi connectivity index (χ3v) is 2.86. The molecule has 0 aliphatic carbocycles. The molecule has 0 aliphatic rings. The summed E-state index contributed by atoms with van der Waals surface area (Å²) in [6.07, 6.45) is 4.19. The number of aryl methyl sites for hydroxylation is 1. The number of nitrogens with two attached hydrogens (primary N) is 2. The fourth-order valence-electron chi connectivity index (χ4n) is 1.59. The number of ether oxygens (including phenoxy) is 1. The molecule has 4 N–H and O–H groups in total. The summed E-state index contributed by atoms with van der Waals surface area (Å²) in [6, 6.07) is 11.0. The third kappa shape index (κ3) is 4.88. The first-order valence-electron chi connectivity index (χ1n) is 6.80. The summed E-state index contributed by atoms with van der Waals surface area (Å²) in [5.74, 6) is 0.983. The van der Waals surface area contributed by atoms with Crippen molar-refractivity contribution < 1.29 is 9.53 Å². The molecule has 0 aliphatic heterocycles. The molecule has 2 aromatic heterocycles. The smallest absolute Gasteiger partial charge is 0.435 e. The zero-order chi connectivity index (χ0) is 16.7. The summed E-state index contributed by atoms with van der Waals surface area (Å²) in [4.78, 5) is 15.2. The Morgan fingerprint density at radius 1 is 1.22 bits per heavy atom. The summed E-state index contributed by atoms with van der Waals surface area (Å²) in [7, 11) is 1.85. The van der Waals surface area contributed by atoms with Crippen molar-refractivity contribution in [1.29, 1.82) is 0 Å². The standard InChI is InChI=1S/C11H11N3O2.C4H7N3/c12-10-6-7-14(13-10)11(15)16-8-9-4-2-1-3-5-9;1-7-3-6-2-4(7)5/h1-7H,8H2,(H2,12,13);2-3H,5H2,1H3. The van der Waals surface area contributed by atoms with Gasteiger partial charge in [0.25, 0.3) is 0 Å². The molecule has 120 valence electrons. The van der Waals surface area contributed by atoms with E-state index in [-0.39, 0.29) is 12.4 Å². The first-order chi connectivity index (χ1) is 11.1. The van der Waals surface area contributed by atoms with E-state index in [2.05, 4.69) is 10.1 Å². The zero-order valence-electron chi connectivity index (χ0n) is 12.7. The summed E-state index contributed by atoms with van der Waals surface area (Å²) in [5.41, 5.74) is 11.7. The highest BCUT2D eigenvalue weighted by Crippen LogP contribution is 2.03. The summed E-state index contributed by atoms with van der Waals surface area (Å²) in [5, 5.41) is 3.74. The summed E-state index contributed by atoms with van der Waals surface area (Å²) >= 11 is 0. The highest BCUT2D eigenvalue weighted by atomic mass is 16.6. The van der Waals surface area contributed by atoms with Crippen molar-refractivity contribution in [1.82, 2.24) is 19.3 Å². The molecule has 0 unspecified atom stereocenters. The Morgan fingerprint density at radius 2 is 1.96 bits per heavy atom. The molecule has 1 aromatic carbocycles. The molecular weight excluding hydrogens is 296 g/mol. The lowest BCUT2D eigenvalue weighted by Gasteiger charge is -2.03. The lowest BCUT2D eigenvalue weighted by Crippen LogP contribution is -2.14. The van der Waals surface area contributed by atoms with Crippen molar-refractivity contribution in [3.63, 3.8) is 0 Å². The van der Waals surface area contributed by atoms with Crippen LogP contribution in [0.3, 0.4) is 0 Å². The molecule has 0 amide bonds. The number of imidazole rings is 1. The van der Waals surface area contributed by atoms with Crippen molar-refractivity contribution >= 4 is 17.7 Å². The van der Waals surface area contributed by atoms with E-state index >= 15 is 0 Å². The first-order valence-corrected chi connectivity index (χ1v) is 6.80. The second-order valence-electron chi connectivity index (χ2n) is 4.65. The number of anilines is 2. The van der Waals surface area contributed by atoms with Gasteiger partial charge in [-0.05, 0) is 5.56 Å². The van der Waals surface area contributed by atoms with Crippen LogP contribution in [0.1, 0.15) is 5.56 Å². The van der Waals surface area contributed by atoms with Gasteiger partial charge in [-0.15, -0.1) is 5.10 Å². The van der Waals surface area contributed by atoms with Crippen LogP contribution in [0.2, 0.25) is 0 Å². The highest BCUT2D eigenvalue weighted by Gasteiger charge is 2.06. The van der Waals surface area contributed by atoms with Gasteiger partial charge >= 0.3 is 6.09 Å². The second kappa shape index (κ2) is 7.64. The van der Waals surface area contributed by atoms with Crippen LogP contribution in [-0.4, -0.2) is 25.4 Å². The average Bonchev–Trinajstić information content (AvgIpc) is 3.15. The minimum Gasteiger partial charge on any atom is -0.443 e. The number of benzene rings is 1. The minimum absolute atomic E-state index is 0.222. The number of carbonyl (C=O) groups is 1. The van der Waals surface area contributed by atoms with Crippen LogP contribution in [0, 0.1) is 0 Å². The van der Waals surface area contributed by atoms with Gasteiger partial charge in [-0.2, -0.15) is 4.68 Å². The van der Waals surface area contributed by atoms with Crippen LogP contribution >= 0.6 is 0 Å². The molecule has 0 bridgehead atoms. The van der Waals surface area contributed by atoms with Crippen LogP contribution in [0.5, 0.6) is 0 Å². The van der Waals surface area contributed by atoms with Crippen molar-refractivity contribution in [3.8, 4) is 0 Å². The normalized spacial score (nSPS) is 9.78. The SMILES string of the molecule is Cn1cncc1N.Nc1ccn(C(=O)OCc2ccccc2)n1. The van der Waals surface area contributed by atoms with E-state index in [1.807, 2.05) is 37.4 Å². The van der Waals surface area contributed by atoms with Crippen LogP contribution in [0.4, 0.5) is 16.4 Å². The number of aromatic nitrogens is 4. The summed E-state index contributed by atoms with van der Waals surface area (Å²) in [6.45, 7) is 0.222. The average molecular weight is 314 g/mol. The van der Waals surface area contributed by atoms with Gasteiger partial charge in [-0.3, -0.25) is 0 Å². The number of hydrogen-bond acceptors (Lipinski definition) is 6. The van der Waals surface area contributed by atoms with Gasteiger partial charge in [-0.25, -0.2) is 9.78 Å². The largest absolute Gasteiger partial charge is 0.443 e. The molecule has 23 heavy (non-hydrogen) atoms. The van der Waals surface area contributed by atoms with Gasteiger partial charge < -0.3 is 20.8 Å². The molecule has 0 saturated carbocycles. The number of rotatable bonds is 2. The molecule has 2 heterocycles. The van der Waals surface area contributed by atoms with Gasteiger partial charge in [-0.1, -0.05) is 30.3 Å². The molecule has 0 fully saturated rings. The zero-order valence-corrected chi connectivity index (χ0v) is 12.7. The van der Waals surface area contributed by atoms with E-state index < -0.39 is 6.09 Å². The van der Waals surface area contributed by atoms with Gasteiger partial charge in [0.15, 0.2) is 0 Å². The maximum atomic E-state index is 11.5. The van der Waals surface area contributed by atoms with Gasteiger partial charge in [0, 0.05) is 19.3 Å². The van der Waals surface area contributed by atoms with Crippen molar-refractivity contribution in [3.05, 3.63) is 60.7 Å². The molecule has 0 spiro atoms. The lowest BCUT2D eigenvalue weighted by molar-refractivity contribution is 0.138.